The Bertz CT molecular complexity index is 875. The van der Waals surface area contributed by atoms with Crippen molar-refractivity contribution in [1.82, 2.24) is 5.32 Å². The quantitative estimate of drug-likeness (QED) is 0.808. The number of nitriles is 1. The summed E-state index contributed by atoms with van der Waals surface area (Å²) in [6, 6.07) is 11.4. The Morgan fingerprint density at radius 1 is 1.21 bits per heavy atom. The molecule has 2 N–H and O–H groups in total. The van der Waals surface area contributed by atoms with Gasteiger partial charge in [0.25, 0.3) is 5.91 Å². The summed E-state index contributed by atoms with van der Waals surface area (Å²) in [4.78, 5) is 12.5. The molecule has 0 aliphatic carbocycles. The number of rotatable bonds is 2. The highest BCUT2D eigenvalue weighted by molar-refractivity contribution is 6.35. The number of pyridine rings is 1. The summed E-state index contributed by atoms with van der Waals surface area (Å²) in [6.07, 6.45) is 3.44. The summed E-state index contributed by atoms with van der Waals surface area (Å²) in [7, 11) is 0. The summed E-state index contributed by atoms with van der Waals surface area (Å²) in [5.41, 5.74) is 0.584. The van der Waals surface area contributed by atoms with Gasteiger partial charge in [-0.3, -0.25) is 10.1 Å². The number of nitrogens with zero attached hydrogens (tertiary/aromatic N) is 2. The van der Waals surface area contributed by atoms with Crippen molar-refractivity contribution in [2.75, 3.05) is 0 Å². The minimum Gasteiger partial charge on any atom is -0.494 e. The molecule has 2 aromatic rings. The molecule has 0 spiro atoms. The number of carbonyl (C=O) groups excluding carboxylic acids is 1. The normalized spacial score (nSPS) is 20.5. The number of nitrogens with one attached hydrogen (secondary N) is 1. The van der Waals surface area contributed by atoms with Gasteiger partial charge < -0.3 is 5.11 Å². The Morgan fingerprint density at radius 3 is 2.54 bits per heavy atom. The second-order valence-electron chi connectivity index (χ2n) is 5.27. The zero-order valence-electron chi connectivity index (χ0n) is 12.3. The lowest BCUT2D eigenvalue weighted by molar-refractivity contribution is -0.711. The second-order valence-corrected chi connectivity index (χ2v) is 6.12. The average molecular weight is 361 g/mol. The van der Waals surface area contributed by atoms with Crippen molar-refractivity contribution < 1.29 is 14.5 Å². The molecule has 2 unspecified atom stereocenters. The van der Waals surface area contributed by atoms with Crippen LogP contribution in [0.25, 0.3) is 0 Å². The van der Waals surface area contributed by atoms with E-state index in [0.29, 0.717) is 15.6 Å². The van der Waals surface area contributed by atoms with Crippen LogP contribution in [0.2, 0.25) is 10.0 Å². The first-order valence-corrected chi connectivity index (χ1v) is 7.83. The van der Waals surface area contributed by atoms with Gasteiger partial charge in [0.2, 0.25) is 11.9 Å². The fraction of sp³-hybridized carbons (Fsp3) is 0.118. The van der Waals surface area contributed by atoms with Crippen molar-refractivity contribution in [3.63, 3.8) is 0 Å². The summed E-state index contributed by atoms with van der Waals surface area (Å²) in [5.74, 6) is -1.62. The van der Waals surface area contributed by atoms with Crippen LogP contribution in [0.5, 0.6) is 0 Å². The number of hydrogen-bond donors (Lipinski definition) is 2. The summed E-state index contributed by atoms with van der Waals surface area (Å²) in [6.45, 7) is 0. The Labute approximate surface area is 148 Å². The molecule has 1 aromatic heterocycles. The third kappa shape index (κ3) is 2.82. The van der Waals surface area contributed by atoms with Crippen LogP contribution in [-0.4, -0.2) is 11.0 Å². The van der Waals surface area contributed by atoms with E-state index in [1.54, 1.807) is 47.3 Å². The molecule has 7 heteroatoms. The maximum atomic E-state index is 12.5. The lowest BCUT2D eigenvalue weighted by atomic mass is 9.82. The summed E-state index contributed by atoms with van der Waals surface area (Å²) in [5, 5.41) is 22.6. The fourth-order valence-corrected chi connectivity index (χ4v) is 3.35. The molecule has 1 aromatic carbocycles. The molecule has 1 aliphatic rings. The smallest absolute Gasteiger partial charge is 0.296 e. The van der Waals surface area contributed by atoms with Crippen molar-refractivity contribution in [3.8, 4) is 6.07 Å². The van der Waals surface area contributed by atoms with Gasteiger partial charge in [-0.15, -0.1) is 0 Å². The number of allylic oxidation sites excluding steroid dienone is 1. The first-order chi connectivity index (χ1) is 11.5. The standard InChI is InChI=1S/C17H11Cl2N3O2/c18-10-4-5-11(13(19)8-10)14-12(9-20)16(23)21-17(24)15(14)22-6-2-1-3-7-22/h1-8,14-15H,(H-,21,23,24)/p+1. The van der Waals surface area contributed by atoms with Gasteiger partial charge in [0.05, 0.1) is 5.92 Å². The third-order valence-electron chi connectivity index (χ3n) is 3.87. The van der Waals surface area contributed by atoms with E-state index in [2.05, 4.69) is 5.32 Å². The van der Waals surface area contributed by atoms with Crippen molar-refractivity contribution in [2.24, 2.45) is 0 Å². The van der Waals surface area contributed by atoms with Crippen LogP contribution < -0.4 is 9.88 Å². The van der Waals surface area contributed by atoms with Crippen LogP contribution in [0, 0.1) is 11.3 Å². The number of aliphatic hydroxyl groups is 1. The van der Waals surface area contributed by atoms with Gasteiger partial charge in [-0.2, -0.15) is 9.83 Å². The molecule has 0 saturated carbocycles. The molecule has 3 rings (SSSR count). The lowest BCUT2D eigenvalue weighted by Gasteiger charge is -2.27. The topological polar surface area (TPSA) is 77.0 Å². The molecule has 120 valence electrons. The molecule has 0 bridgehead atoms. The summed E-state index contributed by atoms with van der Waals surface area (Å²) < 4.78 is 1.68. The molecular formula is C17H12Cl2N3O2+. The van der Waals surface area contributed by atoms with Crippen LogP contribution in [0.15, 0.2) is 60.2 Å². The van der Waals surface area contributed by atoms with E-state index in [1.165, 1.54) is 0 Å². The van der Waals surface area contributed by atoms with E-state index in [0.717, 1.165) is 0 Å². The van der Waals surface area contributed by atoms with Crippen LogP contribution in [0.1, 0.15) is 17.5 Å². The van der Waals surface area contributed by atoms with Gasteiger partial charge in [0.15, 0.2) is 12.4 Å². The molecule has 0 fully saturated rings. The Kier molecular flexibility index (Phi) is 4.43. The van der Waals surface area contributed by atoms with Crippen LogP contribution in [0.4, 0.5) is 0 Å². The molecule has 1 aliphatic heterocycles. The van der Waals surface area contributed by atoms with Gasteiger partial charge in [-0.25, -0.2) is 0 Å². The van der Waals surface area contributed by atoms with E-state index in [-0.39, 0.29) is 5.57 Å². The van der Waals surface area contributed by atoms with Crippen molar-refractivity contribution in [2.45, 2.75) is 12.0 Å². The van der Waals surface area contributed by atoms with E-state index >= 15 is 0 Å². The van der Waals surface area contributed by atoms with E-state index in [1.807, 2.05) is 12.1 Å². The van der Waals surface area contributed by atoms with Crippen molar-refractivity contribution in [1.29, 1.82) is 5.26 Å². The SMILES string of the molecule is N#CC1=C(O)NC(=O)C([n+]2ccccc2)C1c1ccc(Cl)cc1Cl. The van der Waals surface area contributed by atoms with Gasteiger partial charge in [0, 0.05) is 22.2 Å². The third-order valence-corrected chi connectivity index (χ3v) is 4.43. The largest absolute Gasteiger partial charge is 0.494 e. The number of halogens is 2. The monoisotopic (exact) mass is 360 g/mol. The average Bonchev–Trinajstić information content (AvgIpc) is 2.55. The minimum absolute atomic E-state index is 0.0418. The molecule has 1 amide bonds. The van der Waals surface area contributed by atoms with E-state index in [4.69, 9.17) is 23.2 Å². The number of carbonyl (C=O) groups is 1. The highest BCUT2D eigenvalue weighted by Gasteiger charge is 2.46. The summed E-state index contributed by atoms with van der Waals surface area (Å²) >= 11 is 12.2. The molecule has 2 atom stereocenters. The zero-order chi connectivity index (χ0) is 17.3. The first kappa shape index (κ1) is 16.3. The molecule has 24 heavy (non-hydrogen) atoms. The first-order valence-electron chi connectivity index (χ1n) is 7.07. The van der Waals surface area contributed by atoms with Crippen molar-refractivity contribution in [3.05, 3.63) is 75.9 Å². The van der Waals surface area contributed by atoms with Gasteiger partial charge in [-0.1, -0.05) is 35.3 Å². The van der Waals surface area contributed by atoms with E-state index < -0.39 is 23.8 Å². The van der Waals surface area contributed by atoms with Gasteiger partial charge in [-0.05, 0) is 17.7 Å². The predicted octanol–water partition coefficient (Wildman–Crippen LogP) is 3.03. The van der Waals surface area contributed by atoms with Crippen LogP contribution in [-0.2, 0) is 4.79 Å². The zero-order valence-corrected chi connectivity index (χ0v) is 13.8. The Balaban J connectivity index is 2.23. The van der Waals surface area contributed by atoms with Gasteiger partial charge in [0.1, 0.15) is 11.6 Å². The highest BCUT2D eigenvalue weighted by atomic mass is 35.5. The maximum absolute atomic E-state index is 12.5. The van der Waals surface area contributed by atoms with Crippen LogP contribution in [0.3, 0.4) is 0 Å². The minimum atomic E-state index is -0.768. The van der Waals surface area contributed by atoms with E-state index in [9.17, 15) is 15.2 Å². The second kappa shape index (κ2) is 6.52. The number of aliphatic hydroxyl groups excluding tert-OH is 1. The molecular weight excluding hydrogens is 349 g/mol. The highest BCUT2D eigenvalue weighted by Crippen LogP contribution is 2.40. The van der Waals surface area contributed by atoms with Crippen LogP contribution >= 0.6 is 23.2 Å². The fourth-order valence-electron chi connectivity index (χ4n) is 2.82. The number of hydrogen-bond acceptors (Lipinski definition) is 3. The molecule has 0 radical (unpaired) electrons. The maximum Gasteiger partial charge on any atom is 0.296 e. The number of aromatic nitrogens is 1. The predicted molar refractivity (Wildman–Crippen MR) is 88.3 cm³/mol. The number of amides is 1. The molecule has 0 saturated heterocycles. The Hall–Kier alpha value is -2.55. The number of benzene rings is 1. The Morgan fingerprint density at radius 2 is 1.92 bits per heavy atom. The lowest BCUT2D eigenvalue weighted by Crippen LogP contribution is -2.53. The van der Waals surface area contributed by atoms with Gasteiger partial charge >= 0.3 is 0 Å². The molecule has 2 heterocycles. The van der Waals surface area contributed by atoms with Crippen molar-refractivity contribution >= 4 is 29.1 Å². The molecule has 5 nitrogen and oxygen atoms in total.